The van der Waals surface area contributed by atoms with Crippen molar-refractivity contribution in [3.05, 3.63) is 35.4 Å². The predicted molar refractivity (Wildman–Crippen MR) is 83.1 cm³/mol. The third kappa shape index (κ3) is 7.07. The summed E-state index contributed by atoms with van der Waals surface area (Å²) in [5, 5.41) is 6.08. The van der Waals surface area contributed by atoms with Gasteiger partial charge in [0.1, 0.15) is 0 Å². The van der Waals surface area contributed by atoms with E-state index in [9.17, 15) is 16.8 Å². The molecule has 0 unspecified atom stereocenters. The van der Waals surface area contributed by atoms with Crippen molar-refractivity contribution in [2.24, 2.45) is 10.3 Å². The number of benzene rings is 1. The summed E-state index contributed by atoms with van der Waals surface area (Å²) in [6.07, 6.45) is 1.64. The van der Waals surface area contributed by atoms with Crippen LogP contribution >= 0.6 is 23.2 Å². The summed E-state index contributed by atoms with van der Waals surface area (Å²) in [5.41, 5.74) is 0.699. The van der Waals surface area contributed by atoms with E-state index in [4.69, 9.17) is 23.2 Å². The highest BCUT2D eigenvalue weighted by Gasteiger charge is 2.08. The maximum atomic E-state index is 10.8. The van der Waals surface area contributed by atoms with Gasteiger partial charge in [-0.05, 0) is 0 Å². The molecule has 0 amide bonds. The van der Waals surface area contributed by atoms with Gasteiger partial charge in [-0.25, -0.2) is 0 Å². The molecule has 0 saturated heterocycles. The van der Waals surface area contributed by atoms with Crippen LogP contribution in [0.2, 0.25) is 0 Å². The zero-order valence-electron chi connectivity index (χ0n) is 11.2. The van der Waals surface area contributed by atoms with E-state index in [1.807, 2.05) is 0 Å². The summed E-state index contributed by atoms with van der Waals surface area (Å²) in [4.78, 5) is 0. The van der Waals surface area contributed by atoms with Gasteiger partial charge >= 0.3 is 20.2 Å². The Hall–Kier alpha value is -1.36. The molecule has 0 N–H and O–H groups in total. The molecule has 0 aromatic heterocycles. The van der Waals surface area contributed by atoms with E-state index in [0.29, 0.717) is 11.1 Å². The van der Waals surface area contributed by atoms with Crippen LogP contribution in [0.4, 0.5) is 0 Å². The molecule has 0 heterocycles. The Morgan fingerprint density at radius 1 is 0.818 bits per heavy atom. The molecule has 0 atom stereocenters. The highest BCUT2D eigenvalue weighted by Crippen LogP contribution is 2.12. The lowest BCUT2D eigenvalue weighted by Gasteiger charge is -2.01. The van der Waals surface area contributed by atoms with Gasteiger partial charge in [-0.3, -0.25) is 8.57 Å². The monoisotopic (exact) mass is 388 g/mol. The Kier molecular flexibility index (Phi) is 6.17. The molecule has 0 fully saturated rings. The smallest absolute Gasteiger partial charge is 0.267 e. The Morgan fingerprint density at radius 2 is 1.09 bits per heavy atom. The van der Waals surface area contributed by atoms with Crippen LogP contribution in [-0.2, 0) is 28.8 Å². The van der Waals surface area contributed by atoms with Gasteiger partial charge in [0.05, 0.1) is 12.5 Å². The van der Waals surface area contributed by atoms with Crippen molar-refractivity contribution in [2.75, 3.05) is 12.5 Å². The third-order valence-electron chi connectivity index (χ3n) is 1.87. The Labute approximate surface area is 137 Å². The van der Waals surface area contributed by atoms with E-state index < -0.39 is 20.2 Å². The van der Waals surface area contributed by atoms with Crippen molar-refractivity contribution < 1.29 is 25.4 Å². The van der Waals surface area contributed by atoms with E-state index >= 15 is 0 Å². The molecule has 122 valence electrons. The molecule has 1 aromatic rings. The molecule has 0 bridgehead atoms. The minimum atomic E-state index is -3.76. The molecule has 22 heavy (non-hydrogen) atoms. The van der Waals surface area contributed by atoms with Crippen molar-refractivity contribution in [2.45, 2.75) is 0 Å². The van der Waals surface area contributed by atoms with Crippen LogP contribution in [0.25, 0.3) is 0 Å². The fourth-order valence-electron chi connectivity index (χ4n) is 1.05. The summed E-state index contributed by atoms with van der Waals surface area (Å²) in [6, 6.07) is 5.80. The van der Waals surface area contributed by atoms with E-state index in [1.54, 1.807) is 0 Å². The van der Waals surface area contributed by atoms with Gasteiger partial charge < -0.3 is 0 Å². The van der Waals surface area contributed by atoms with Gasteiger partial charge in [-0.15, -0.1) is 0 Å². The molecule has 12 heteroatoms. The minimum absolute atomic E-state index is 0.197. The van der Waals surface area contributed by atoms with Gasteiger partial charge in [-0.2, -0.15) is 16.8 Å². The second-order valence-electron chi connectivity index (χ2n) is 3.90. The van der Waals surface area contributed by atoms with Crippen molar-refractivity contribution >= 4 is 53.8 Å². The zero-order chi connectivity index (χ0) is 17.0. The molecule has 0 aliphatic heterocycles. The normalized spacial score (nSPS) is 13.8. The van der Waals surface area contributed by atoms with E-state index in [-0.39, 0.29) is 10.3 Å². The number of halogens is 2. The highest BCUT2D eigenvalue weighted by molar-refractivity contribution is 7.86. The fraction of sp³-hybridized carbons (Fsp3) is 0.200. The van der Waals surface area contributed by atoms with Crippen LogP contribution < -0.4 is 0 Å². The lowest BCUT2D eigenvalue weighted by molar-refractivity contribution is 0.343. The first-order valence-corrected chi connectivity index (χ1v) is 9.72. The molecule has 0 saturated carbocycles. The van der Waals surface area contributed by atoms with Gasteiger partial charge in [0.25, 0.3) is 0 Å². The number of hydrogen-bond acceptors (Lipinski definition) is 8. The van der Waals surface area contributed by atoms with Gasteiger partial charge in [-0.1, -0.05) is 57.8 Å². The van der Waals surface area contributed by atoms with Crippen LogP contribution in [0, 0.1) is 0 Å². The predicted octanol–water partition coefficient (Wildman–Crippen LogP) is 1.44. The van der Waals surface area contributed by atoms with Crippen LogP contribution in [-0.4, -0.2) is 39.7 Å². The standard InChI is InChI=1S/C10H10Cl2N2O6S2/c1-21(15,16)19-13-9(11)7-3-5-8(6-4-7)10(12)14-20-22(2,17)18/h3-6H,1-2H3/b13-9-,14-10-. The summed E-state index contributed by atoms with van der Waals surface area (Å²) in [7, 11) is -7.51. The third-order valence-corrected chi connectivity index (χ3v) is 3.13. The molecule has 1 aromatic carbocycles. The van der Waals surface area contributed by atoms with Crippen LogP contribution in [0.3, 0.4) is 0 Å². The SMILES string of the molecule is CS(=O)(=O)O/N=C(\Cl)c1ccc(/C(Cl)=N/OS(C)(=O)=O)cc1. The summed E-state index contributed by atoms with van der Waals surface area (Å²) >= 11 is 11.5. The van der Waals surface area contributed by atoms with Crippen molar-refractivity contribution in [3.8, 4) is 0 Å². The van der Waals surface area contributed by atoms with E-state index in [1.165, 1.54) is 24.3 Å². The Bertz CT molecular complexity index is 731. The van der Waals surface area contributed by atoms with Crippen LogP contribution in [0.15, 0.2) is 34.6 Å². The average molecular weight is 389 g/mol. The molecule has 1 rings (SSSR count). The van der Waals surface area contributed by atoms with E-state index in [2.05, 4.69) is 18.9 Å². The fourth-order valence-corrected chi connectivity index (χ4v) is 1.87. The Morgan fingerprint density at radius 3 is 1.32 bits per heavy atom. The van der Waals surface area contributed by atoms with Crippen molar-refractivity contribution in [1.29, 1.82) is 0 Å². The topological polar surface area (TPSA) is 111 Å². The number of nitrogens with zero attached hydrogens (tertiary/aromatic N) is 2. The van der Waals surface area contributed by atoms with Crippen molar-refractivity contribution in [1.82, 2.24) is 0 Å². The maximum Gasteiger partial charge on any atom is 0.325 e. The molecular formula is C10H10Cl2N2O6S2. The quantitative estimate of drug-likeness (QED) is 0.538. The second-order valence-corrected chi connectivity index (χ2v) is 7.73. The van der Waals surface area contributed by atoms with Gasteiger partial charge in [0, 0.05) is 11.1 Å². The molecule has 0 aliphatic rings. The second kappa shape index (κ2) is 7.27. The summed E-state index contributed by atoms with van der Waals surface area (Å²) in [6.45, 7) is 0. The minimum Gasteiger partial charge on any atom is -0.267 e. The average Bonchev–Trinajstić information content (AvgIpc) is 2.40. The lowest BCUT2D eigenvalue weighted by atomic mass is 10.1. The maximum absolute atomic E-state index is 10.8. The first-order valence-electron chi connectivity index (χ1n) is 5.33. The van der Waals surface area contributed by atoms with Gasteiger partial charge in [0.15, 0.2) is 10.3 Å². The number of hydrogen-bond donors (Lipinski definition) is 0. The van der Waals surface area contributed by atoms with Gasteiger partial charge in [0.2, 0.25) is 0 Å². The van der Waals surface area contributed by atoms with Crippen LogP contribution in [0.5, 0.6) is 0 Å². The molecule has 0 spiro atoms. The number of oxime groups is 2. The molecule has 8 nitrogen and oxygen atoms in total. The molecule has 0 radical (unpaired) electrons. The first-order chi connectivity index (χ1) is 9.98. The van der Waals surface area contributed by atoms with E-state index in [0.717, 1.165) is 12.5 Å². The highest BCUT2D eigenvalue weighted by atomic mass is 35.5. The first kappa shape index (κ1) is 18.7. The summed E-state index contributed by atoms with van der Waals surface area (Å²) in [5.74, 6) is 0. The van der Waals surface area contributed by atoms with Crippen molar-refractivity contribution in [3.63, 3.8) is 0 Å². The largest absolute Gasteiger partial charge is 0.325 e. The zero-order valence-corrected chi connectivity index (χ0v) is 14.4. The molecular weight excluding hydrogens is 379 g/mol. The lowest BCUT2D eigenvalue weighted by Crippen LogP contribution is -2.02. The molecule has 0 aliphatic carbocycles. The summed E-state index contributed by atoms with van der Waals surface area (Å²) < 4.78 is 51.5. The van der Waals surface area contributed by atoms with Crippen LogP contribution in [0.1, 0.15) is 11.1 Å². The number of rotatable bonds is 6. The Balaban J connectivity index is 2.91.